The molecule has 3 atom stereocenters. The van der Waals surface area contributed by atoms with Gasteiger partial charge in [-0.2, -0.15) is 0 Å². The summed E-state index contributed by atoms with van der Waals surface area (Å²) >= 11 is 0. The van der Waals surface area contributed by atoms with Crippen LogP contribution in [-0.4, -0.2) is 101 Å². The SMILES string of the molecule is CCC(C)(C)C(=O)OCCN(C)C.CCC(C)(C)C(=O)OCCN(C)C.CCC(C)(C)C(=O)[O-].CCC(C)(C)C(=O)[O-].CCC(C)c1ccccc1.CCCCC(CC)COC(=O)C(C)CC.[NH4+].[NH4+]. The third-order valence-corrected chi connectivity index (χ3v) is 12.3. The van der Waals surface area contributed by atoms with E-state index in [4.69, 9.17) is 14.2 Å². The summed E-state index contributed by atoms with van der Waals surface area (Å²) < 4.78 is 15.6. The van der Waals surface area contributed by atoms with Gasteiger partial charge in [0.1, 0.15) is 13.2 Å². The second kappa shape index (κ2) is 44.4. The highest BCUT2D eigenvalue weighted by Gasteiger charge is 2.27. The van der Waals surface area contributed by atoms with Crippen molar-refractivity contribution < 1.29 is 48.4 Å². The summed E-state index contributed by atoms with van der Waals surface area (Å²) in [4.78, 5) is 58.6. The lowest BCUT2D eigenvalue weighted by Gasteiger charge is -2.22. The van der Waals surface area contributed by atoms with E-state index in [0.717, 1.165) is 38.8 Å². The molecular weight excluding hydrogens is 877 g/mol. The fourth-order valence-corrected chi connectivity index (χ4v) is 4.03. The Balaban J connectivity index is -0.000000135. The van der Waals surface area contributed by atoms with Crippen molar-refractivity contribution in [2.24, 2.45) is 33.5 Å². The Labute approximate surface area is 424 Å². The summed E-state index contributed by atoms with van der Waals surface area (Å²) in [5.74, 6) is -0.867. The molecule has 14 nitrogen and oxygen atoms in total. The van der Waals surface area contributed by atoms with Crippen LogP contribution < -0.4 is 22.5 Å². The fourth-order valence-electron chi connectivity index (χ4n) is 4.03. The number of ether oxygens (including phenoxy) is 3. The van der Waals surface area contributed by atoms with Crippen molar-refractivity contribution in [2.45, 2.75) is 195 Å². The van der Waals surface area contributed by atoms with E-state index in [1.54, 1.807) is 27.7 Å². The van der Waals surface area contributed by atoms with E-state index in [1.165, 1.54) is 31.2 Å². The summed E-state index contributed by atoms with van der Waals surface area (Å²) in [7, 11) is 7.83. The number of hydrogen-bond donors (Lipinski definition) is 2. The predicted molar refractivity (Wildman–Crippen MR) is 286 cm³/mol. The zero-order valence-electron chi connectivity index (χ0n) is 49.2. The average molecular weight is 990 g/mol. The number of carboxylic acids is 2. The molecule has 0 saturated heterocycles. The van der Waals surface area contributed by atoms with E-state index in [0.29, 0.717) is 44.5 Å². The fraction of sp³-hybridized carbons (Fsp3) is 0.800. The molecule has 69 heavy (non-hydrogen) atoms. The second-order valence-corrected chi connectivity index (χ2v) is 20.5. The Morgan fingerprint density at radius 1 is 0.551 bits per heavy atom. The Bertz CT molecular complexity index is 1350. The summed E-state index contributed by atoms with van der Waals surface area (Å²) in [6.07, 6.45) is 9.70. The molecule has 14 heteroatoms. The quantitative estimate of drug-likeness (QED) is 0.0726. The molecule has 0 radical (unpaired) electrons. The summed E-state index contributed by atoms with van der Waals surface area (Å²) in [6.45, 7) is 37.8. The van der Waals surface area contributed by atoms with Crippen molar-refractivity contribution in [2.75, 3.05) is 61.1 Å². The first-order valence-electron chi connectivity index (χ1n) is 25.1. The Kier molecular flexibility index (Phi) is 51.1. The van der Waals surface area contributed by atoms with E-state index in [1.807, 2.05) is 107 Å². The van der Waals surface area contributed by atoms with Gasteiger partial charge < -0.3 is 56.1 Å². The molecule has 0 aliphatic heterocycles. The van der Waals surface area contributed by atoms with Gasteiger partial charge in [0.05, 0.1) is 23.4 Å². The second-order valence-electron chi connectivity index (χ2n) is 20.5. The first kappa shape index (κ1) is 79.5. The van der Waals surface area contributed by atoms with Gasteiger partial charge in [-0.1, -0.05) is 147 Å². The number of rotatable bonds is 24. The number of quaternary nitrogens is 2. The molecule has 0 amide bonds. The molecule has 1 rings (SSSR count). The largest absolute Gasteiger partial charge is 0.550 e. The third-order valence-electron chi connectivity index (χ3n) is 12.3. The molecule has 0 spiro atoms. The molecule has 8 N–H and O–H groups in total. The van der Waals surface area contributed by atoms with Crippen LogP contribution in [0.1, 0.15) is 200 Å². The minimum Gasteiger partial charge on any atom is -0.550 e. The zero-order chi connectivity index (χ0) is 53.6. The molecule has 0 aliphatic rings. The van der Waals surface area contributed by atoms with E-state index >= 15 is 0 Å². The Morgan fingerprint density at radius 3 is 1.16 bits per heavy atom. The average Bonchev–Trinajstić information content (AvgIpc) is 3.29. The highest BCUT2D eigenvalue weighted by Crippen LogP contribution is 2.23. The number of carbonyl (C=O) groups is 5. The Morgan fingerprint density at radius 2 is 0.913 bits per heavy atom. The summed E-state index contributed by atoms with van der Waals surface area (Å²) in [5, 5.41) is 20.3. The number of benzene rings is 1. The van der Waals surface area contributed by atoms with E-state index in [-0.39, 0.29) is 47.0 Å². The van der Waals surface area contributed by atoms with Crippen molar-refractivity contribution in [1.29, 1.82) is 0 Å². The highest BCUT2D eigenvalue weighted by atomic mass is 16.5. The molecule has 0 aliphatic carbocycles. The lowest BCUT2D eigenvalue weighted by Crippen LogP contribution is -2.37. The van der Waals surface area contributed by atoms with E-state index in [2.05, 4.69) is 58.0 Å². The monoisotopic (exact) mass is 989 g/mol. The van der Waals surface area contributed by atoms with Crippen molar-refractivity contribution >= 4 is 29.8 Å². The number of hydrogen-bond acceptors (Lipinski definition) is 12. The molecule has 0 fully saturated rings. The van der Waals surface area contributed by atoms with Gasteiger partial charge in [0, 0.05) is 35.9 Å². The van der Waals surface area contributed by atoms with Gasteiger partial charge in [0.25, 0.3) is 0 Å². The van der Waals surface area contributed by atoms with Gasteiger partial charge in [-0.3, -0.25) is 14.4 Å². The van der Waals surface area contributed by atoms with Crippen LogP contribution in [0.2, 0.25) is 0 Å². The summed E-state index contributed by atoms with van der Waals surface area (Å²) in [5.41, 5.74) is -0.538. The molecule has 3 unspecified atom stereocenters. The van der Waals surface area contributed by atoms with Gasteiger partial charge in [-0.05, 0) is 118 Å². The maximum Gasteiger partial charge on any atom is 0.311 e. The molecular formula is C55H112N4O10. The van der Waals surface area contributed by atoms with Crippen molar-refractivity contribution in [3.63, 3.8) is 0 Å². The van der Waals surface area contributed by atoms with Gasteiger partial charge in [-0.15, -0.1) is 0 Å². The van der Waals surface area contributed by atoms with Crippen LogP contribution in [-0.2, 0) is 38.2 Å². The van der Waals surface area contributed by atoms with Gasteiger partial charge in [-0.25, -0.2) is 0 Å². The van der Waals surface area contributed by atoms with E-state index < -0.39 is 22.8 Å². The van der Waals surface area contributed by atoms with Crippen molar-refractivity contribution in [3.05, 3.63) is 35.9 Å². The van der Waals surface area contributed by atoms with Crippen LogP contribution in [0.5, 0.6) is 0 Å². The topological polar surface area (TPSA) is 239 Å². The molecule has 412 valence electrons. The van der Waals surface area contributed by atoms with Crippen LogP contribution in [0.25, 0.3) is 0 Å². The van der Waals surface area contributed by atoms with Gasteiger partial charge in [0.15, 0.2) is 0 Å². The van der Waals surface area contributed by atoms with Crippen LogP contribution in [0.15, 0.2) is 30.3 Å². The lowest BCUT2D eigenvalue weighted by molar-refractivity contribution is -0.318. The van der Waals surface area contributed by atoms with Crippen molar-refractivity contribution in [3.8, 4) is 0 Å². The number of carboxylic acid groups (broad SMARTS) is 2. The predicted octanol–water partition coefficient (Wildman–Crippen LogP) is 11.1. The number of nitrogens with zero attached hydrogens (tertiary/aromatic N) is 2. The highest BCUT2D eigenvalue weighted by molar-refractivity contribution is 5.76. The van der Waals surface area contributed by atoms with Gasteiger partial charge >= 0.3 is 17.9 Å². The number of carbonyl (C=O) groups excluding carboxylic acids is 5. The van der Waals surface area contributed by atoms with Crippen LogP contribution in [0.4, 0.5) is 0 Å². The molecule has 0 aromatic heterocycles. The standard InChI is InChI=1S/C13H26O2.2C10H21NO2.C10H14.2C6H12O2.2H3N/c1-5-8-9-12(7-3)10-15-13(14)11(4)6-2;2*1-6-10(2,3)9(12)13-8-7-11(4)5;1-3-9(2)10-7-5-4-6-8-10;2*1-4-6(2,3)5(7)8;;/h11-12H,5-10H2,1-4H3;2*6-8H2,1-5H3;4-9H,3H2,1-2H3;2*4H2,1-3H3,(H,7,8);2*1H3. The lowest BCUT2D eigenvalue weighted by atomic mass is 9.91. The first-order chi connectivity index (χ1) is 30.8. The van der Waals surface area contributed by atoms with E-state index in [9.17, 15) is 34.2 Å². The van der Waals surface area contributed by atoms with Crippen molar-refractivity contribution in [1.82, 2.24) is 22.1 Å². The smallest absolute Gasteiger partial charge is 0.311 e. The number of esters is 3. The number of likely N-dealkylation sites (N-methyl/N-ethyl adjacent to an activating group) is 2. The summed E-state index contributed by atoms with van der Waals surface area (Å²) in [6, 6.07) is 10.6. The third kappa shape index (κ3) is 44.1. The number of unbranched alkanes of at least 4 members (excludes halogenated alkanes) is 1. The van der Waals surface area contributed by atoms with Crippen LogP contribution in [0, 0.1) is 33.5 Å². The zero-order valence-corrected chi connectivity index (χ0v) is 49.2. The molecule has 0 heterocycles. The first-order valence-corrected chi connectivity index (χ1v) is 25.1. The van der Waals surface area contributed by atoms with Crippen LogP contribution in [0.3, 0.4) is 0 Å². The van der Waals surface area contributed by atoms with Crippen LogP contribution >= 0.6 is 0 Å². The molecule has 1 aromatic carbocycles. The minimum atomic E-state index is -0.972. The molecule has 0 bridgehead atoms. The minimum absolute atomic E-state index is 0. The maximum absolute atomic E-state index is 11.4. The molecule has 1 aromatic rings. The maximum atomic E-state index is 11.4. The number of aliphatic carboxylic acids is 2. The normalized spacial score (nSPS) is 12.2. The molecule has 0 saturated carbocycles. The van der Waals surface area contributed by atoms with Gasteiger partial charge in [0.2, 0.25) is 0 Å². The Hall–Kier alpha value is -3.59.